The molecular weight excluding hydrogens is 513 g/mol. The summed E-state index contributed by atoms with van der Waals surface area (Å²) < 4.78 is 17.1. The molecule has 1 atom stereocenters. The number of ether oxygens (including phenoxy) is 3. The van der Waals surface area contributed by atoms with Gasteiger partial charge in [-0.05, 0) is 77.9 Å². The molecule has 2 amide bonds. The van der Waals surface area contributed by atoms with Gasteiger partial charge in [-0.3, -0.25) is 9.59 Å². The maximum Gasteiger partial charge on any atom is 0.262 e. The molecule has 0 spiro atoms. The normalized spacial score (nSPS) is 11.6. The van der Waals surface area contributed by atoms with Crippen LogP contribution in [0.1, 0.15) is 36.2 Å². The van der Waals surface area contributed by atoms with E-state index in [4.69, 9.17) is 14.2 Å². The van der Waals surface area contributed by atoms with Crippen LogP contribution in [0, 0.1) is 3.57 Å². The Morgan fingerprint density at radius 2 is 1.87 bits per heavy atom. The number of hydrogen-bond donors (Lipinski definition) is 2. The molecule has 0 bridgehead atoms. The lowest BCUT2D eigenvalue weighted by atomic mass is 10.2. The Labute approximate surface area is 195 Å². The zero-order valence-electron chi connectivity index (χ0n) is 17.9. The second-order valence-corrected chi connectivity index (χ2v) is 7.70. The summed E-state index contributed by atoms with van der Waals surface area (Å²) in [5.41, 5.74) is 3.60. The van der Waals surface area contributed by atoms with Gasteiger partial charge in [0.15, 0.2) is 11.5 Å². The number of amides is 2. The van der Waals surface area contributed by atoms with Gasteiger partial charge in [0.25, 0.3) is 11.8 Å². The number of carbonyl (C=O) groups excluding carboxylic acids is 2. The summed E-state index contributed by atoms with van der Waals surface area (Å²) in [5.74, 6) is 1.11. The maximum atomic E-state index is 12.3. The smallest absolute Gasteiger partial charge is 0.262 e. The van der Waals surface area contributed by atoms with Gasteiger partial charge in [0.2, 0.25) is 0 Å². The number of rotatable bonds is 10. The molecule has 9 heteroatoms. The average Bonchev–Trinajstić information content (AvgIpc) is 2.77. The molecule has 0 aliphatic heterocycles. The molecule has 166 valence electrons. The third-order valence-corrected chi connectivity index (χ3v) is 4.99. The zero-order chi connectivity index (χ0) is 22.8. The van der Waals surface area contributed by atoms with Gasteiger partial charge < -0.3 is 19.5 Å². The summed E-state index contributed by atoms with van der Waals surface area (Å²) in [4.78, 5) is 24.5. The van der Waals surface area contributed by atoms with Crippen LogP contribution in [0.15, 0.2) is 41.5 Å². The highest BCUT2D eigenvalue weighted by Gasteiger charge is 2.16. The van der Waals surface area contributed by atoms with Gasteiger partial charge in [0.05, 0.1) is 30.6 Å². The van der Waals surface area contributed by atoms with Crippen molar-refractivity contribution in [3.05, 3.63) is 51.1 Å². The first-order chi connectivity index (χ1) is 14.9. The third-order valence-electron chi connectivity index (χ3n) is 4.18. The summed E-state index contributed by atoms with van der Waals surface area (Å²) in [5, 5.41) is 6.61. The molecule has 0 aromatic heterocycles. The van der Waals surface area contributed by atoms with Crippen LogP contribution in [0.25, 0.3) is 0 Å². The maximum absolute atomic E-state index is 12.3. The highest BCUT2D eigenvalue weighted by atomic mass is 127. The fourth-order valence-electron chi connectivity index (χ4n) is 2.51. The van der Waals surface area contributed by atoms with Crippen LogP contribution in [-0.4, -0.2) is 44.9 Å². The molecule has 0 radical (unpaired) electrons. The van der Waals surface area contributed by atoms with Crippen LogP contribution in [0.4, 0.5) is 0 Å². The lowest BCUT2D eigenvalue weighted by molar-refractivity contribution is -0.122. The van der Waals surface area contributed by atoms with E-state index < -0.39 is 11.9 Å². The van der Waals surface area contributed by atoms with Gasteiger partial charge in [-0.1, -0.05) is 6.92 Å². The molecule has 2 aromatic carbocycles. The van der Waals surface area contributed by atoms with Gasteiger partial charge in [0, 0.05) is 5.56 Å². The van der Waals surface area contributed by atoms with Crippen molar-refractivity contribution in [3.63, 3.8) is 0 Å². The number of halogens is 1. The van der Waals surface area contributed by atoms with E-state index >= 15 is 0 Å². The molecule has 0 aliphatic carbocycles. The number of methoxy groups -OCH3 is 2. The van der Waals surface area contributed by atoms with Crippen LogP contribution in [0.5, 0.6) is 17.2 Å². The molecular formula is C22H26IN3O5. The predicted molar refractivity (Wildman–Crippen MR) is 127 cm³/mol. The van der Waals surface area contributed by atoms with Crippen molar-refractivity contribution in [2.75, 3.05) is 20.8 Å². The summed E-state index contributed by atoms with van der Waals surface area (Å²) >= 11 is 2.16. The molecule has 0 heterocycles. The standard InChI is InChI=1S/C22H26IN3O5/c1-5-10-31-20-18(23)11-15(12-19(20)30-4)13-24-26-21(27)14(2)25-22(28)16-6-8-17(29-3)9-7-16/h6-9,11-14H,5,10H2,1-4H3,(H,25,28)(H,26,27). The number of hydrazone groups is 1. The molecule has 0 saturated heterocycles. The Morgan fingerprint density at radius 3 is 2.48 bits per heavy atom. The van der Waals surface area contributed by atoms with Crippen LogP contribution in [-0.2, 0) is 4.79 Å². The van der Waals surface area contributed by atoms with E-state index in [2.05, 4.69) is 38.4 Å². The van der Waals surface area contributed by atoms with Crippen molar-refractivity contribution in [1.82, 2.24) is 10.7 Å². The topological polar surface area (TPSA) is 98.2 Å². The number of nitrogens with one attached hydrogen (secondary N) is 2. The second-order valence-electron chi connectivity index (χ2n) is 6.54. The molecule has 1 unspecified atom stereocenters. The fraction of sp³-hybridized carbons (Fsp3) is 0.318. The molecule has 8 nitrogen and oxygen atoms in total. The first-order valence-electron chi connectivity index (χ1n) is 9.67. The Balaban J connectivity index is 1.96. The van der Waals surface area contributed by atoms with E-state index in [1.165, 1.54) is 6.21 Å². The average molecular weight is 539 g/mol. The SMILES string of the molecule is CCCOc1c(I)cc(C=NNC(=O)C(C)NC(=O)c2ccc(OC)cc2)cc1OC. The Hall–Kier alpha value is -2.82. The van der Waals surface area contributed by atoms with Crippen molar-refractivity contribution >= 4 is 40.6 Å². The summed E-state index contributed by atoms with van der Waals surface area (Å²) in [6.07, 6.45) is 2.39. The zero-order valence-corrected chi connectivity index (χ0v) is 20.1. The Morgan fingerprint density at radius 1 is 1.16 bits per heavy atom. The quantitative estimate of drug-likeness (QED) is 0.274. The van der Waals surface area contributed by atoms with E-state index in [9.17, 15) is 9.59 Å². The van der Waals surface area contributed by atoms with E-state index in [1.807, 2.05) is 13.0 Å². The molecule has 0 fully saturated rings. The third kappa shape index (κ3) is 7.12. The second kappa shape index (κ2) is 12.1. The van der Waals surface area contributed by atoms with Gasteiger partial charge in [-0.15, -0.1) is 0 Å². The highest BCUT2D eigenvalue weighted by Crippen LogP contribution is 2.33. The lowest BCUT2D eigenvalue weighted by Gasteiger charge is -2.13. The minimum Gasteiger partial charge on any atom is -0.497 e. The summed E-state index contributed by atoms with van der Waals surface area (Å²) in [6.45, 7) is 4.21. The monoisotopic (exact) mass is 539 g/mol. The molecule has 2 aromatic rings. The van der Waals surface area contributed by atoms with E-state index in [-0.39, 0.29) is 5.91 Å². The number of benzene rings is 2. The summed E-state index contributed by atoms with van der Waals surface area (Å²) in [6, 6.07) is 9.48. The highest BCUT2D eigenvalue weighted by molar-refractivity contribution is 14.1. The van der Waals surface area contributed by atoms with Crippen LogP contribution in [0.3, 0.4) is 0 Å². The van der Waals surface area contributed by atoms with Crippen molar-refractivity contribution in [2.24, 2.45) is 5.10 Å². The Bertz CT molecular complexity index is 931. The minimum atomic E-state index is -0.772. The Kier molecular flexibility index (Phi) is 9.57. The first kappa shape index (κ1) is 24.4. The summed E-state index contributed by atoms with van der Waals surface area (Å²) in [7, 11) is 3.12. The van der Waals surface area contributed by atoms with Crippen LogP contribution >= 0.6 is 22.6 Å². The molecule has 0 aliphatic rings. The minimum absolute atomic E-state index is 0.365. The van der Waals surface area contributed by atoms with E-state index in [0.29, 0.717) is 29.4 Å². The lowest BCUT2D eigenvalue weighted by Crippen LogP contribution is -2.43. The van der Waals surface area contributed by atoms with Crippen molar-refractivity contribution < 1.29 is 23.8 Å². The van der Waals surface area contributed by atoms with Crippen molar-refractivity contribution in [2.45, 2.75) is 26.3 Å². The number of hydrogen-bond acceptors (Lipinski definition) is 6. The van der Waals surface area contributed by atoms with Gasteiger partial charge in [-0.25, -0.2) is 5.43 Å². The first-order valence-corrected chi connectivity index (χ1v) is 10.8. The largest absolute Gasteiger partial charge is 0.497 e. The van der Waals surface area contributed by atoms with Gasteiger partial charge in [-0.2, -0.15) is 5.10 Å². The molecule has 2 N–H and O–H groups in total. The van der Waals surface area contributed by atoms with Crippen molar-refractivity contribution in [1.29, 1.82) is 0 Å². The van der Waals surface area contributed by atoms with E-state index in [0.717, 1.165) is 15.6 Å². The van der Waals surface area contributed by atoms with Crippen LogP contribution in [0.2, 0.25) is 0 Å². The van der Waals surface area contributed by atoms with E-state index in [1.54, 1.807) is 51.5 Å². The molecule has 0 saturated carbocycles. The number of nitrogens with zero attached hydrogens (tertiary/aromatic N) is 1. The van der Waals surface area contributed by atoms with Crippen molar-refractivity contribution in [3.8, 4) is 17.2 Å². The predicted octanol–water partition coefficient (Wildman–Crippen LogP) is 3.37. The van der Waals surface area contributed by atoms with Gasteiger partial charge in [0.1, 0.15) is 11.8 Å². The fourth-order valence-corrected chi connectivity index (χ4v) is 3.29. The van der Waals surface area contributed by atoms with Gasteiger partial charge >= 0.3 is 0 Å². The number of carbonyl (C=O) groups is 2. The van der Waals surface area contributed by atoms with Crippen LogP contribution < -0.4 is 25.0 Å². The molecule has 31 heavy (non-hydrogen) atoms. The molecule has 2 rings (SSSR count).